The van der Waals surface area contributed by atoms with E-state index in [1.807, 2.05) is 31.2 Å². The van der Waals surface area contributed by atoms with Gasteiger partial charge in [-0.3, -0.25) is 14.9 Å². The van der Waals surface area contributed by atoms with Crippen molar-refractivity contribution in [3.63, 3.8) is 0 Å². The zero-order valence-corrected chi connectivity index (χ0v) is 14.2. The van der Waals surface area contributed by atoms with Gasteiger partial charge in [0.2, 0.25) is 23.5 Å². The molecule has 0 saturated carbocycles. The molecule has 1 saturated heterocycles. The van der Waals surface area contributed by atoms with Gasteiger partial charge < -0.3 is 15.2 Å². The number of aromatic nitrogens is 2. The van der Waals surface area contributed by atoms with Gasteiger partial charge in [-0.05, 0) is 13.3 Å². The van der Waals surface area contributed by atoms with Gasteiger partial charge >= 0.3 is 6.03 Å². The first kappa shape index (κ1) is 17.6. The number of carbonyl (C=O) groups excluding carboxylic acids is 3. The Labute approximate surface area is 149 Å². The summed E-state index contributed by atoms with van der Waals surface area (Å²) in [6, 6.07) is 6.35. The Balaban J connectivity index is 1.50. The summed E-state index contributed by atoms with van der Waals surface area (Å²) in [5.74, 6) is 0.148. The van der Waals surface area contributed by atoms with Crippen molar-refractivity contribution in [2.45, 2.75) is 32.2 Å². The Kier molecular flexibility index (Phi) is 5.26. The molecule has 1 atom stereocenters. The summed E-state index contributed by atoms with van der Waals surface area (Å²) in [5.41, 5.74) is 2.00. The fourth-order valence-electron chi connectivity index (χ4n) is 2.52. The predicted molar refractivity (Wildman–Crippen MR) is 90.9 cm³/mol. The van der Waals surface area contributed by atoms with Crippen molar-refractivity contribution in [2.24, 2.45) is 0 Å². The van der Waals surface area contributed by atoms with Crippen LogP contribution in [0.1, 0.15) is 24.3 Å². The third-order valence-electron chi connectivity index (χ3n) is 3.95. The van der Waals surface area contributed by atoms with E-state index < -0.39 is 18.0 Å². The second-order valence-corrected chi connectivity index (χ2v) is 6.03. The highest BCUT2D eigenvalue weighted by Crippen LogP contribution is 2.16. The third-order valence-corrected chi connectivity index (χ3v) is 3.95. The molecule has 0 bridgehead atoms. The Bertz CT molecular complexity index is 815. The maximum atomic E-state index is 12.1. The number of aryl methyl sites for hydroxylation is 1. The van der Waals surface area contributed by atoms with Crippen LogP contribution in [-0.2, 0) is 16.0 Å². The lowest BCUT2D eigenvalue weighted by molar-refractivity contribution is -0.123. The lowest BCUT2D eigenvalue weighted by atomic mass is 10.1. The van der Waals surface area contributed by atoms with Crippen molar-refractivity contribution >= 4 is 17.8 Å². The average molecular weight is 357 g/mol. The van der Waals surface area contributed by atoms with Crippen LogP contribution in [0.2, 0.25) is 0 Å². The van der Waals surface area contributed by atoms with Gasteiger partial charge in [0.1, 0.15) is 6.04 Å². The third kappa shape index (κ3) is 4.44. The molecule has 3 rings (SSSR count). The standard InChI is InChI=1S/C17H19N5O4/c1-10-2-4-11(5-3-10)15-21-14(26-22-15)8-9-18-16(24)12-6-7-13(23)20-17(25)19-12/h2-5,12H,6-9H2,1H3,(H,18,24)(H2,19,20,23,25)/t12-/m0/s1. The Morgan fingerprint density at radius 3 is 2.85 bits per heavy atom. The first-order chi connectivity index (χ1) is 12.5. The topological polar surface area (TPSA) is 126 Å². The number of imide groups is 1. The highest BCUT2D eigenvalue weighted by atomic mass is 16.5. The van der Waals surface area contributed by atoms with E-state index in [4.69, 9.17) is 4.52 Å². The molecule has 3 N–H and O–H groups in total. The zero-order chi connectivity index (χ0) is 18.5. The maximum absolute atomic E-state index is 12.1. The van der Waals surface area contributed by atoms with Crippen LogP contribution < -0.4 is 16.0 Å². The number of nitrogens with zero attached hydrogens (tertiary/aromatic N) is 2. The summed E-state index contributed by atoms with van der Waals surface area (Å²) in [7, 11) is 0. The number of urea groups is 1. The molecule has 1 aromatic heterocycles. The highest BCUT2D eigenvalue weighted by Gasteiger charge is 2.25. The molecule has 9 heteroatoms. The molecule has 1 aromatic carbocycles. The van der Waals surface area contributed by atoms with Gasteiger partial charge in [0.05, 0.1) is 0 Å². The predicted octanol–water partition coefficient (Wildman–Crippen LogP) is 0.692. The monoisotopic (exact) mass is 357 g/mol. The van der Waals surface area contributed by atoms with Gasteiger partial charge in [-0.15, -0.1) is 0 Å². The normalized spacial score (nSPS) is 17.2. The maximum Gasteiger partial charge on any atom is 0.322 e. The smallest absolute Gasteiger partial charge is 0.322 e. The largest absolute Gasteiger partial charge is 0.354 e. The summed E-state index contributed by atoms with van der Waals surface area (Å²) >= 11 is 0. The summed E-state index contributed by atoms with van der Waals surface area (Å²) in [5, 5.41) is 11.2. The minimum atomic E-state index is -0.743. The van der Waals surface area contributed by atoms with Crippen molar-refractivity contribution in [1.82, 2.24) is 26.1 Å². The average Bonchev–Trinajstić information content (AvgIpc) is 3.00. The molecule has 2 aromatic rings. The number of hydrogen-bond acceptors (Lipinski definition) is 6. The van der Waals surface area contributed by atoms with Crippen molar-refractivity contribution in [3.05, 3.63) is 35.7 Å². The lowest BCUT2D eigenvalue weighted by Gasteiger charge is -2.14. The van der Waals surface area contributed by atoms with Crippen molar-refractivity contribution < 1.29 is 18.9 Å². The quantitative estimate of drug-likeness (QED) is 0.723. The number of nitrogens with one attached hydrogen (secondary N) is 3. The highest BCUT2D eigenvalue weighted by molar-refractivity contribution is 5.98. The summed E-state index contributed by atoms with van der Waals surface area (Å²) in [4.78, 5) is 39.1. The fourth-order valence-corrected chi connectivity index (χ4v) is 2.52. The van der Waals surface area contributed by atoms with Gasteiger partial charge in [-0.2, -0.15) is 4.98 Å². The van der Waals surface area contributed by atoms with E-state index in [9.17, 15) is 14.4 Å². The molecule has 136 valence electrons. The van der Waals surface area contributed by atoms with E-state index in [1.54, 1.807) is 0 Å². The molecule has 26 heavy (non-hydrogen) atoms. The first-order valence-electron chi connectivity index (χ1n) is 8.29. The molecule has 4 amide bonds. The molecule has 2 heterocycles. The molecule has 0 unspecified atom stereocenters. The number of benzene rings is 1. The Morgan fingerprint density at radius 2 is 2.08 bits per heavy atom. The van der Waals surface area contributed by atoms with Crippen LogP contribution in [0.15, 0.2) is 28.8 Å². The number of amides is 4. The van der Waals surface area contributed by atoms with Crippen molar-refractivity contribution in [3.8, 4) is 11.4 Å². The summed E-state index contributed by atoms with van der Waals surface area (Å²) in [6.07, 6.45) is 0.727. The molecular weight excluding hydrogens is 338 g/mol. The minimum absolute atomic E-state index is 0.112. The summed E-state index contributed by atoms with van der Waals surface area (Å²) < 4.78 is 5.19. The van der Waals surface area contributed by atoms with E-state index in [2.05, 4.69) is 26.1 Å². The van der Waals surface area contributed by atoms with Crippen LogP contribution in [0.3, 0.4) is 0 Å². The van der Waals surface area contributed by atoms with Crippen LogP contribution in [0.25, 0.3) is 11.4 Å². The van der Waals surface area contributed by atoms with Gasteiger partial charge in [-0.25, -0.2) is 4.79 Å². The molecule has 9 nitrogen and oxygen atoms in total. The van der Waals surface area contributed by atoms with Crippen LogP contribution in [0.5, 0.6) is 0 Å². The second kappa shape index (κ2) is 7.77. The van der Waals surface area contributed by atoms with E-state index in [0.717, 1.165) is 11.1 Å². The van der Waals surface area contributed by atoms with E-state index in [0.29, 0.717) is 18.1 Å². The lowest BCUT2D eigenvalue weighted by Crippen LogP contribution is -2.48. The molecule has 1 aliphatic rings. The van der Waals surface area contributed by atoms with Crippen LogP contribution >= 0.6 is 0 Å². The van der Waals surface area contributed by atoms with Crippen molar-refractivity contribution in [2.75, 3.05) is 6.54 Å². The van der Waals surface area contributed by atoms with Crippen LogP contribution in [0, 0.1) is 6.92 Å². The zero-order valence-electron chi connectivity index (χ0n) is 14.2. The number of hydrogen-bond donors (Lipinski definition) is 3. The van der Waals surface area contributed by atoms with Crippen LogP contribution in [-0.4, -0.2) is 40.6 Å². The van der Waals surface area contributed by atoms with E-state index >= 15 is 0 Å². The van der Waals surface area contributed by atoms with Crippen LogP contribution in [0.4, 0.5) is 4.79 Å². The minimum Gasteiger partial charge on any atom is -0.354 e. The van der Waals surface area contributed by atoms with E-state index in [-0.39, 0.29) is 25.3 Å². The fraction of sp³-hybridized carbons (Fsp3) is 0.353. The second-order valence-electron chi connectivity index (χ2n) is 6.03. The molecule has 1 fully saturated rings. The number of carbonyl (C=O) groups is 3. The number of rotatable bonds is 5. The molecule has 1 aliphatic heterocycles. The first-order valence-corrected chi connectivity index (χ1v) is 8.29. The summed E-state index contributed by atoms with van der Waals surface area (Å²) in [6.45, 7) is 2.28. The molecule has 0 radical (unpaired) electrons. The SMILES string of the molecule is Cc1ccc(-c2noc(CCNC(=O)[C@@H]3CCC(=O)NC(=O)N3)n2)cc1. The molecule has 0 spiro atoms. The van der Waals surface area contributed by atoms with Gasteiger partial charge in [0, 0.05) is 24.9 Å². The van der Waals surface area contributed by atoms with Crippen molar-refractivity contribution in [1.29, 1.82) is 0 Å². The van der Waals surface area contributed by atoms with Gasteiger partial charge in [0.15, 0.2) is 0 Å². The van der Waals surface area contributed by atoms with Gasteiger partial charge in [-0.1, -0.05) is 35.0 Å². The molecular formula is C17H19N5O4. The Hall–Kier alpha value is -3.23. The Morgan fingerprint density at radius 1 is 1.31 bits per heavy atom. The van der Waals surface area contributed by atoms with E-state index in [1.165, 1.54) is 0 Å². The molecule has 0 aliphatic carbocycles. The van der Waals surface area contributed by atoms with Gasteiger partial charge in [0.25, 0.3) is 0 Å².